The lowest BCUT2D eigenvalue weighted by molar-refractivity contribution is -0.137. The van der Waals surface area contributed by atoms with E-state index in [9.17, 15) is 9.90 Å². The second kappa shape index (κ2) is 6.70. The van der Waals surface area contributed by atoms with E-state index in [4.69, 9.17) is 17.3 Å². The molecular weight excluding hydrogens is 344 g/mol. The van der Waals surface area contributed by atoms with Gasteiger partial charge in [-0.1, -0.05) is 12.1 Å². The number of hydrogen-bond acceptors (Lipinski definition) is 5. The molecule has 0 saturated heterocycles. The molecule has 0 unspecified atom stereocenters. The zero-order valence-electron chi connectivity index (χ0n) is 13.0. The van der Waals surface area contributed by atoms with Gasteiger partial charge in [0.1, 0.15) is 0 Å². The first-order valence-electron chi connectivity index (χ1n) is 7.47. The van der Waals surface area contributed by atoms with Gasteiger partial charge in [0.15, 0.2) is 3.95 Å². The number of carboxylic acids is 1. The zero-order valence-corrected chi connectivity index (χ0v) is 14.7. The number of aliphatic imine (C=N–C) groups is 1. The molecule has 2 heterocycles. The Morgan fingerprint density at radius 3 is 3.00 bits per heavy atom. The van der Waals surface area contributed by atoms with Gasteiger partial charge in [-0.25, -0.2) is 0 Å². The summed E-state index contributed by atoms with van der Waals surface area (Å²) in [7, 11) is 0. The van der Waals surface area contributed by atoms with Crippen molar-refractivity contribution in [2.45, 2.75) is 26.3 Å². The van der Waals surface area contributed by atoms with Crippen LogP contribution in [0.25, 0.3) is 11.6 Å². The molecule has 24 heavy (non-hydrogen) atoms. The lowest BCUT2D eigenvalue weighted by Crippen LogP contribution is -2.01. The maximum absolute atomic E-state index is 10.6. The highest BCUT2D eigenvalue weighted by Gasteiger charge is 2.15. The van der Waals surface area contributed by atoms with E-state index in [-0.39, 0.29) is 12.3 Å². The molecule has 7 heteroatoms. The number of benzene rings is 1. The van der Waals surface area contributed by atoms with Crippen LogP contribution in [0.15, 0.2) is 23.2 Å². The number of aromatic nitrogens is 1. The molecule has 3 rings (SSSR count). The fourth-order valence-electron chi connectivity index (χ4n) is 2.55. The van der Waals surface area contributed by atoms with Crippen molar-refractivity contribution in [2.75, 3.05) is 0 Å². The molecule has 0 spiro atoms. The molecule has 0 atom stereocenters. The largest absolute Gasteiger partial charge is 0.493 e. The molecule has 5 nitrogen and oxygen atoms in total. The Morgan fingerprint density at radius 1 is 1.46 bits per heavy atom. The van der Waals surface area contributed by atoms with Crippen LogP contribution in [0.2, 0.25) is 0 Å². The van der Waals surface area contributed by atoms with Gasteiger partial charge in [0.2, 0.25) is 5.88 Å². The SMILES string of the molecule is Cc1ccc2c(c1)N=C/C2=C/c1sc(=S)n(CCCC(=O)O)c1O. The second-order valence-electron chi connectivity index (χ2n) is 5.58. The zero-order chi connectivity index (χ0) is 17.3. The van der Waals surface area contributed by atoms with E-state index in [0.717, 1.165) is 22.4 Å². The minimum Gasteiger partial charge on any atom is -0.493 e. The summed E-state index contributed by atoms with van der Waals surface area (Å²) in [6.45, 7) is 2.41. The molecule has 1 aliphatic rings. The highest BCUT2D eigenvalue weighted by Crippen LogP contribution is 2.36. The maximum atomic E-state index is 10.6. The lowest BCUT2D eigenvalue weighted by atomic mass is 10.0. The van der Waals surface area contributed by atoms with Gasteiger partial charge >= 0.3 is 5.97 Å². The average Bonchev–Trinajstić information content (AvgIpc) is 3.02. The predicted octanol–water partition coefficient (Wildman–Crippen LogP) is 4.41. The normalized spacial score (nSPS) is 14.3. The molecule has 0 amide bonds. The summed E-state index contributed by atoms with van der Waals surface area (Å²) in [6.07, 6.45) is 4.12. The van der Waals surface area contributed by atoms with Gasteiger partial charge < -0.3 is 10.2 Å². The molecule has 1 aromatic heterocycles. The summed E-state index contributed by atoms with van der Waals surface area (Å²) >= 11 is 6.59. The van der Waals surface area contributed by atoms with Crippen molar-refractivity contribution in [3.8, 4) is 5.88 Å². The van der Waals surface area contributed by atoms with Crippen LogP contribution in [0.1, 0.15) is 28.8 Å². The van der Waals surface area contributed by atoms with Crippen LogP contribution in [0.5, 0.6) is 5.88 Å². The first kappa shape index (κ1) is 16.6. The number of carbonyl (C=O) groups is 1. The molecule has 0 radical (unpaired) electrons. The number of nitrogens with zero attached hydrogens (tertiary/aromatic N) is 2. The lowest BCUT2D eigenvalue weighted by Gasteiger charge is -2.03. The first-order chi connectivity index (χ1) is 11.5. The number of thiazole rings is 1. The second-order valence-corrected chi connectivity index (χ2v) is 7.26. The van der Waals surface area contributed by atoms with Gasteiger partial charge in [0, 0.05) is 30.3 Å². The molecule has 1 aromatic carbocycles. The van der Waals surface area contributed by atoms with Crippen LogP contribution >= 0.6 is 23.6 Å². The first-order valence-corrected chi connectivity index (χ1v) is 8.69. The van der Waals surface area contributed by atoms with E-state index < -0.39 is 5.97 Å². The third-order valence-corrected chi connectivity index (χ3v) is 5.15. The van der Waals surface area contributed by atoms with Crippen LogP contribution in [0, 0.1) is 10.9 Å². The van der Waals surface area contributed by atoms with E-state index in [0.29, 0.717) is 21.8 Å². The van der Waals surface area contributed by atoms with Gasteiger partial charge in [-0.05, 0) is 43.3 Å². The fraction of sp³-hybridized carbons (Fsp3) is 0.235. The van der Waals surface area contributed by atoms with E-state index >= 15 is 0 Å². The standard InChI is InChI=1S/C17H16N2O3S2/c1-10-4-5-12-11(9-18-13(12)7-10)8-14-16(22)19(17(23)24-14)6-2-3-15(20)21/h4-5,7-9,22H,2-3,6H2,1H3,(H,20,21)/b11-8-. The van der Waals surface area contributed by atoms with Crippen molar-refractivity contribution in [2.24, 2.45) is 4.99 Å². The summed E-state index contributed by atoms with van der Waals surface area (Å²) in [6, 6.07) is 6.06. The Balaban J connectivity index is 1.89. The number of aliphatic carboxylic acids is 1. The Kier molecular flexibility index (Phi) is 4.64. The number of allylic oxidation sites excluding steroid dienone is 1. The minimum absolute atomic E-state index is 0.0485. The third-order valence-electron chi connectivity index (χ3n) is 3.76. The Morgan fingerprint density at radius 2 is 2.25 bits per heavy atom. The number of carboxylic acid groups (broad SMARTS) is 1. The van der Waals surface area contributed by atoms with E-state index in [1.807, 2.05) is 31.2 Å². The smallest absolute Gasteiger partial charge is 0.303 e. The summed E-state index contributed by atoms with van der Waals surface area (Å²) < 4.78 is 2.11. The van der Waals surface area contributed by atoms with Gasteiger partial charge in [-0.2, -0.15) is 0 Å². The monoisotopic (exact) mass is 360 g/mol. The van der Waals surface area contributed by atoms with E-state index in [1.165, 1.54) is 11.3 Å². The van der Waals surface area contributed by atoms with Crippen molar-refractivity contribution in [1.82, 2.24) is 4.57 Å². The third kappa shape index (κ3) is 3.32. The van der Waals surface area contributed by atoms with Crippen molar-refractivity contribution in [3.63, 3.8) is 0 Å². The van der Waals surface area contributed by atoms with E-state index in [1.54, 1.807) is 10.8 Å². The number of aryl methyl sites for hydroxylation is 1. The Labute approximate surface area is 148 Å². The molecular formula is C17H16N2O3S2. The summed E-state index contributed by atoms with van der Waals surface area (Å²) in [5.74, 6) is -0.774. The van der Waals surface area contributed by atoms with Crippen LogP contribution in [0.4, 0.5) is 5.69 Å². The number of fused-ring (bicyclic) bond motifs is 1. The van der Waals surface area contributed by atoms with Crippen LogP contribution < -0.4 is 0 Å². The number of hydrogen-bond donors (Lipinski definition) is 2. The van der Waals surface area contributed by atoms with E-state index in [2.05, 4.69) is 4.99 Å². The highest BCUT2D eigenvalue weighted by molar-refractivity contribution is 7.73. The quantitative estimate of drug-likeness (QED) is 0.774. The summed E-state index contributed by atoms with van der Waals surface area (Å²) in [4.78, 5) is 15.7. The number of rotatable bonds is 5. The molecule has 2 N–H and O–H groups in total. The van der Waals surface area contributed by atoms with Gasteiger partial charge in [0.05, 0.1) is 10.6 Å². The molecule has 0 fully saturated rings. The molecule has 1 aliphatic heterocycles. The van der Waals surface area contributed by atoms with Crippen LogP contribution in [-0.2, 0) is 11.3 Å². The molecule has 124 valence electrons. The predicted molar refractivity (Wildman–Crippen MR) is 98.9 cm³/mol. The highest BCUT2D eigenvalue weighted by atomic mass is 32.1. The summed E-state index contributed by atoms with van der Waals surface area (Å²) in [5.41, 5.74) is 4.02. The van der Waals surface area contributed by atoms with Crippen molar-refractivity contribution in [1.29, 1.82) is 0 Å². The minimum atomic E-state index is -0.854. The van der Waals surface area contributed by atoms with Crippen LogP contribution in [-0.4, -0.2) is 27.0 Å². The maximum Gasteiger partial charge on any atom is 0.303 e. The fourth-order valence-corrected chi connectivity index (χ4v) is 3.86. The topological polar surface area (TPSA) is 74.8 Å². The molecule has 0 saturated carbocycles. The Bertz CT molecular complexity index is 922. The molecule has 2 aromatic rings. The average molecular weight is 360 g/mol. The van der Waals surface area contributed by atoms with Crippen LogP contribution in [0.3, 0.4) is 0 Å². The number of aromatic hydroxyl groups is 1. The summed E-state index contributed by atoms with van der Waals surface area (Å²) in [5, 5.41) is 19.1. The van der Waals surface area contributed by atoms with Crippen molar-refractivity contribution >= 4 is 53.1 Å². The Hall–Kier alpha value is -2.25. The molecule has 0 bridgehead atoms. The molecule has 0 aliphatic carbocycles. The van der Waals surface area contributed by atoms with Gasteiger partial charge in [0.25, 0.3) is 0 Å². The van der Waals surface area contributed by atoms with Gasteiger partial charge in [-0.3, -0.25) is 14.4 Å². The van der Waals surface area contributed by atoms with Gasteiger partial charge in [-0.15, -0.1) is 11.3 Å². The van der Waals surface area contributed by atoms with Crippen molar-refractivity contribution < 1.29 is 15.0 Å². The van der Waals surface area contributed by atoms with Crippen molar-refractivity contribution in [3.05, 3.63) is 38.2 Å².